The maximum absolute atomic E-state index is 12.6. The summed E-state index contributed by atoms with van der Waals surface area (Å²) in [5.74, 6) is 0.469. The number of hydrogen-bond acceptors (Lipinski definition) is 3. The summed E-state index contributed by atoms with van der Waals surface area (Å²) in [6, 6.07) is 1.84. The van der Waals surface area contributed by atoms with Crippen molar-refractivity contribution in [3.8, 4) is 0 Å². The van der Waals surface area contributed by atoms with Crippen LogP contribution in [0.15, 0.2) is 11.0 Å². The first kappa shape index (κ1) is 16.3. The number of aryl methyl sites for hydroxylation is 2. The summed E-state index contributed by atoms with van der Waals surface area (Å²) in [6.45, 7) is 6.05. The number of nitrogens with two attached hydrogens (primary N) is 1. The van der Waals surface area contributed by atoms with Crippen molar-refractivity contribution in [3.63, 3.8) is 0 Å². The Bertz CT molecular complexity index is 618. The third-order valence-electron chi connectivity index (χ3n) is 4.52. The molecule has 0 atom stereocenters. The Morgan fingerprint density at radius 3 is 2.38 bits per heavy atom. The SMILES string of the molecule is Cc1cc(C)c(S(=O)(=O)NCC2CCCCC2)c(C)c1N. The number of sulfonamides is 1. The van der Waals surface area contributed by atoms with Crippen LogP contribution < -0.4 is 10.5 Å². The number of anilines is 1. The van der Waals surface area contributed by atoms with E-state index >= 15 is 0 Å². The minimum Gasteiger partial charge on any atom is -0.398 e. The first-order chi connectivity index (χ1) is 9.83. The molecule has 0 heterocycles. The minimum atomic E-state index is -3.49. The van der Waals surface area contributed by atoms with Crippen molar-refractivity contribution in [2.75, 3.05) is 12.3 Å². The molecule has 21 heavy (non-hydrogen) atoms. The third-order valence-corrected chi connectivity index (χ3v) is 6.23. The molecule has 1 saturated carbocycles. The van der Waals surface area contributed by atoms with Crippen molar-refractivity contribution < 1.29 is 8.42 Å². The molecule has 0 radical (unpaired) electrons. The first-order valence-corrected chi connectivity index (χ1v) is 9.17. The first-order valence-electron chi connectivity index (χ1n) is 7.69. The van der Waals surface area contributed by atoms with Gasteiger partial charge in [0.25, 0.3) is 0 Å². The van der Waals surface area contributed by atoms with E-state index in [-0.39, 0.29) is 0 Å². The number of rotatable bonds is 4. The standard InChI is InChI=1S/C16H26N2O2S/c1-11-9-12(2)16(13(3)15(11)17)21(19,20)18-10-14-7-5-4-6-8-14/h9,14,18H,4-8,10,17H2,1-3H3. The lowest BCUT2D eigenvalue weighted by molar-refractivity contribution is 0.357. The predicted octanol–water partition coefficient (Wildman–Crippen LogP) is 3.05. The molecule has 0 unspecified atom stereocenters. The highest BCUT2D eigenvalue weighted by molar-refractivity contribution is 7.89. The average molecular weight is 310 g/mol. The Balaban J connectivity index is 2.21. The van der Waals surface area contributed by atoms with E-state index in [9.17, 15) is 8.42 Å². The lowest BCUT2D eigenvalue weighted by Crippen LogP contribution is -2.31. The second-order valence-electron chi connectivity index (χ2n) is 6.23. The summed E-state index contributed by atoms with van der Waals surface area (Å²) in [5, 5.41) is 0. The van der Waals surface area contributed by atoms with E-state index in [0.29, 0.717) is 28.6 Å². The molecule has 1 aliphatic carbocycles. The van der Waals surface area contributed by atoms with Gasteiger partial charge in [-0.25, -0.2) is 13.1 Å². The molecule has 118 valence electrons. The highest BCUT2D eigenvalue weighted by Gasteiger charge is 2.23. The Hall–Kier alpha value is -1.07. The molecule has 0 amide bonds. The maximum Gasteiger partial charge on any atom is 0.241 e. The smallest absolute Gasteiger partial charge is 0.241 e. The van der Waals surface area contributed by atoms with Crippen LogP contribution in [0, 0.1) is 26.7 Å². The van der Waals surface area contributed by atoms with Crippen LogP contribution in [0.5, 0.6) is 0 Å². The van der Waals surface area contributed by atoms with Gasteiger partial charge in [-0.15, -0.1) is 0 Å². The molecule has 0 spiro atoms. The summed E-state index contributed by atoms with van der Waals surface area (Å²) < 4.78 is 28.0. The van der Waals surface area contributed by atoms with Gasteiger partial charge in [-0.2, -0.15) is 0 Å². The van der Waals surface area contributed by atoms with Gasteiger partial charge < -0.3 is 5.73 Å². The average Bonchev–Trinajstić information content (AvgIpc) is 2.44. The molecular weight excluding hydrogens is 284 g/mol. The van der Waals surface area contributed by atoms with Gasteiger partial charge in [0.1, 0.15) is 0 Å². The molecule has 1 aliphatic rings. The monoisotopic (exact) mass is 310 g/mol. The topological polar surface area (TPSA) is 72.2 Å². The van der Waals surface area contributed by atoms with Crippen LogP contribution in [-0.2, 0) is 10.0 Å². The van der Waals surface area contributed by atoms with E-state index in [0.717, 1.165) is 24.0 Å². The summed E-state index contributed by atoms with van der Waals surface area (Å²) in [6.07, 6.45) is 5.94. The fraction of sp³-hybridized carbons (Fsp3) is 0.625. The molecule has 1 aromatic rings. The van der Waals surface area contributed by atoms with Gasteiger partial charge in [-0.05, 0) is 56.2 Å². The molecule has 2 rings (SSSR count). The number of nitrogens with one attached hydrogen (secondary N) is 1. The molecule has 0 saturated heterocycles. The van der Waals surface area contributed by atoms with Crippen LogP contribution in [0.2, 0.25) is 0 Å². The normalized spacial score (nSPS) is 17.1. The van der Waals surface area contributed by atoms with Crippen molar-refractivity contribution in [2.45, 2.75) is 57.8 Å². The van der Waals surface area contributed by atoms with Gasteiger partial charge in [0.15, 0.2) is 0 Å². The van der Waals surface area contributed by atoms with Gasteiger partial charge in [-0.1, -0.05) is 25.3 Å². The van der Waals surface area contributed by atoms with E-state index in [1.54, 1.807) is 6.92 Å². The Labute approximate surface area is 128 Å². The summed E-state index contributed by atoms with van der Waals surface area (Å²) in [5.41, 5.74) is 8.91. The molecule has 3 N–H and O–H groups in total. The lowest BCUT2D eigenvalue weighted by atomic mass is 9.90. The highest BCUT2D eigenvalue weighted by atomic mass is 32.2. The Morgan fingerprint density at radius 2 is 1.76 bits per heavy atom. The zero-order valence-corrected chi connectivity index (χ0v) is 14.0. The fourth-order valence-corrected chi connectivity index (χ4v) is 4.88. The van der Waals surface area contributed by atoms with Crippen LogP contribution in [0.3, 0.4) is 0 Å². The summed E-state index contributed by atoms with van der Waals surface area (Å²) in [7, 11) is -3.49. The van der Waals surface area contributed by atoms with E-state index in [4.69, 9.17) is 5.73 Å². The van der Waals surface area contributed by atoms with E-state index in [1.807, 2.05) is 19.9 Å². The zero-order chi connectivity index (χ0) is 15.6. The van der Waals surface area contributed by atoms with E-state index < -0.39 is 10.0 Å². The van der Waals surface area contributed by atoms with Gasteiger partial charge in [0.05, 0.1) is 4.90 Å². The van der Waals surface area contributed by atoms with Crippen molar-refractivity contribution in [1.82, 2.24) is 4.72 Å². The number of hydrogen-bond donors (Lipinski definition) is 2. The Morgan fingerprint density at radius 1 is 1.14 bits per heavy atom. The molecule has 0 aliphatic heterocycles. The Kier molecular flexibility index (Phi) is 4.94. The molecule has 5 heteroatoms. The molecule has 4 nitrogen and oxygen atoms in total. The van der Waals surface area contributed by atoms with Gasteiger partial charge >= 0.3 is 0 Å². The van der Waals surface area contributed by atoms with Gasteiger partial charge in [0, 0.05) is 12.2 Å². The third kappa shape index (κ3) is 3.58. The molecule has 0 aromatic heterocycles. The second kappa shape index (κ2) is 6.36. The number of nitrogen functional groups attached to an aromatic ring is 1. The van der Waals surface area contributed by atoms with E-state index in [1.165, 1.54) is 19.3 Å². The van der Waals surface area contributed by atoms with Crippen molar-refractivity contribution in [3.05, 3.63) is 22.8 Å². The van der Waals surface area contributed by atoms with Crippen LogP contribution >= 0.6 is 0 Å². The summed E-state index contributed by atoms with van der Waals surface area (Å²) >= 11 is 0. The van der Waals surface area contributed by atoms with Crippen LogP contribution in [0.1, 0.15) is 48.8 Å². The van der Waals surface area contributed by atoms with Crippen molar-refractivity contribution in [2.24, 2.45) is 5.92 Å². The van der Waals surface area contributed by atoms with Crippen LogP contribution in [0.4, 0.5) is 5.69 Å². The van der Waals surface area contributed by atoms with E-state index in [2.05, 4.69) is 4.72 Å². The van der Waals surface area contributed by atoms with Crippen LogP contribution in [-0.4, -0.2) is 15.0 Å². The fourth-order valence-electron chi connectivity index (χ4n) is 3.29. The zero-order valence-electron chi connectivity index (χ0n) is 13.2. The minimum absolute atomic E-state index is 0.349. The summed E-state index contributed by atoms with van der Waals surface area (Å²) in [4.78, 5) is 0.349. The molecule has 1 aromatic carbocycles. The number of benzene rings is 1. The lowest BCUT2D eigenvalue weighted by Gasteiger charge is -2.22. The molecule has 1 fully saturated rings. The van der Waals surface area contributed by atoms with Crippen molar-refractivity contribution in [1.29, 1.82) is 0 Å². The molecular formula is C16H26N2O2S. The largest absolute Gasteiger partial charge is 0.398 e. The van der Waals surface area contributed by atoms with Crippen LogP contribution in [0.25, 0.3) is 0 Å². The predicted molar refractivity (Wildman–Crippen MR) is 86.8 cm³/mol. The maximum atomic E-state index is 12.6. The molecule has 0 bridgehead atoms. The quantitative estimate of drug-likeness (QED) is 0.840. The van der Waals surface area contributed by atoms with Crippen molar-refractivity contribution >= 4 is 15.7 Å². The van der Waals surface area contributed by atoms with Gasteiger partial charge in [0.2, 0.25) is 10.0 Å². The second-order valence-corrected chi connectivity index (χ2v) is 7.94. The van der Waals surface area contributed by atoms with Gasteiger partial charge in [-0.3, -0.25) is 0 Å². The highest BCUT2D eigenvalue weighted by Crippen LogP contribution is 2.28.